The molecule has 0 aromatic heterocycles. The van der Waals surface area contributed by atoms with Gasteiger partial charge in [-0.1, -0.05) is 0 Å². The van der Waals surface area contributed by atoms with E-state index in [1.807, 2.05) is 0 Å². The molecule has 2 heterocycles. The molecule has 0 amide bonds. The summed E-state index contributed by atoms with van der Waals surface area (Å²) in [6, 6.07) is 0. The van der Waals surface area contributed by atoms with E-state index in [4.69, 9.17) is 4.74 Å². The maximum Gasteiger partial charge on any atom is 0.121 e. The number of rotatable bonds is 0. The van der Waals surface area contributed by atoms with Crippen molar-refractivity contribution in [2.75, 3.05) is 20.2 Å². The third-order valence-electron chi connectivity index (χ3n) is 3.09. The fourth-order valence-corrected chi connectivity index (χ4v) is 2.32. The summed E-state index contributed by atoms with van der Waals surface area (Å²) in [6.45, 7) is 2.20. The van der Waals surface area contributed by atoms with E-state index in [9.17, 15) is 0 Å². The van der Waals surface area contributed by atoms with Gasteiger partial charge in [-0.15, -0.1) is 0 Å². The minimum Gasteiger partial charge on any atom is -0.360 e. The molecule has 1 atom stereocenters. The molecule has 2 heteroatoms. The summed E-state index contributed by atoms with van der Waals surface area (Å²) in [5.74, 6) is 0. The van der Waals surface area contributed by atoms with E-state index >= 15 is 0 Å². The van der Waals surface area contributed by atoms with Crippen molar-refractivity contribution in [3.05, 3.63) is 0 Å². The van der Waals surface area contributed by atoms with E-state index in [0.29, 0.717) is 0 Å². The van der Waals surface area contributed by atoms with E-state index < -0.39 is 0 Å². The third-order valence-corrected chi connectivity index (χ3v) is 3.09. The summed E-state index contributed by atoms with van der Waals surface area (Å²) in [5.41, 5.74) is 0.165. The van der Waals surface area contributed by atoms with Crippen molar-refractivity contribution in [2.45, 2.75) is 37.8 Å². The molecule has 2 aliphatic rings. The fourth-order valence-electron chi connectivity index (χ4n) is 2.32. The second-order valence-corrected chi connectivity index (χ2v) is 3.78. The van der Waals surface area contributed by atoms with Gasteiger partial charge in [-0.25, -0.2) is 0 Å². The van der Waals surface area contributed by atoms with Gasteiger partial charge >= 0.3 is 0 Å². The lowest BCUT2D eigenvalue weighted by atomic mass is 10.0. The highest BCUT2D eigenvalue weighted by molar-refractivity contribution is 4.87. The van der Waals surface area contributed by atoms with E-state index in [-0.39, 0.29) is 5.72 Å². The Labute approximate surface area is 68.5 Å². The molecular weight excluding hydrogens is 138 g/mol. The zero-order valence-corrected chi connectivity index (χ0v) is 7.31. The normalized spacial score (nSPS) is 40.1. The predicted octanol–water partition coefficient (Wildman–Crippen LogP) is 1.61. The highest BCUT2D eigenvalue weighted by Crippen LogP contribution is 2.36. The molecular formula is C9H17NO. The van der Waals surface area contributed by atoms with Gasteiger partial charge < -0.3 is 4.74 Å². The van der Waals surface area contributed by atoms with Gasteiger partial charge in [0.2, 0.25) is 0 Å². The van der Waals surface area contributed by atoms with Crippen LogP contribution in [0.5, 0.6) is 0 Å². The molecule has 2 nitrogen and oxygen atoms in total. The van der Waals surface area contributed by atoms with Crippen LogP contribution in [0.3, 0.4) is 0 Å². The van der Waals surface area contributed by atoms with Crippen molar-refractivity contribution in [1.29, 1.82) is 0 Å². The van der Waals surface area contributed by atoms with Crippen LogP contribution in [-0.2, 0) is 4.74 Å². The van der Waals surface area contributed by atoms with Gasteiger partial charge in [0.15, 0.2) is 0 Å². The van der Waals surface area contributed by atoms with E-state index in [1.165, 1.54) is 38.6 Å². The number of nitrogens with zero attached hydrogens (tertiary/aromatic N) is 1. The van der Waals surface area contributed by atoms with Crippen molar-refractivity contribution in [3.63, 3.8) is 0 Å². The summed E-state index contributed by atoms with van der Waals surface area (Å²) in [5, 5.41) is 0. The number of hydrogen-bond acceptors (Lipinski definition) is 2. The van der Waals surface area contributed by atoms with Gasteiger partial charge in [-0.2, -0.15) is 0 Å². The van der Waals surface area contributed by atoms with Gasteiger partial charge in [-0.05, 0) is 39.2 Å². The molecule has 2 fully saturated rings. The highest BCUT2D eigenvalue weighted by Gasteiger charge is 2.40. The van der Waals surface area contributed by atoms with Gasteiger partial charge in [0.25, 0.3) is 0 Å². The van der Waals surface area contributed by atoms with Gasteiger partial charge in [-0.3, -0.25) is 4.90 Å². The first kappa shape index (κ1) is 7.56. The lowest BCUT2D eigenvalue weighted by molar-refractivity contribution is -0.151. The first-order valence-corrected chi connectivity index (χ1v) is 4.69. The van der Waals surface area contributed by atoms with Gasteiger partial charge in [0.05, 0.1) is 0 Å². The van der Waals surface area contributed by atoms with Gasteiger partial charge in [0.1, 0.15) is 5.72 Å². The summed E-state index contributed by atoms with van der Waals surface area (Å²) < 4.78 is 5.86. The van der Waals surface area contributed by atoms with Crippen molar-refractivity contribution in [2.24, 2.45) is 0 Å². The van der Waals surface area contributed by atoms with Crippen LogP contribution in [0.25, 0.3) is 0 Å². The first-order valence-electron chi connectivity index (χ1n) is 4.69. The monoisotopic (exact) mass is 155 g/mol. The van der Waals surface area contributed by atoms with Crippen LogP contribution < -0.4 is 0 Å². The van der Waals surface area contributed by atoms with Gasteiger partial charge in [0, 0.05) is 13.2 Å². The summed E-state index contributed by atoms with van der Waals surface area (Å²) >= 11 is 0. The average molecular weight is 155 g/mol. The van der Waals surface area contributed by atoms with E-state index in [2.05, 4.69) is 11.9 Å². The maximum absolute atomic E-state index is 5.86. The van der Waals surface area contributed by atoms with Crippen molar-refractivity contribution in [3.8, 4) is 0 Å². The molecule has 2 rings (SSSR count). The molecule has 11 heavy (non-hydrogen) atoms. The minimum absolute atomic E-state index is 0.165. The molecule has 0 aromatic rings. The van der Waals surface area contributed by atoms with E-state index in [0.717, 1.165) is 6.61 Å². The maximum atomic E-state index is 5.86. The Morgan fingerprint density at radius 3 is 2.55 bits per heavy atom. The van der Waals surface area contributed by atoms with Crippen molar-refractivity contribution >= 4 is 0 Å². The average Bonchev–Trinajstić information content (AvgIpc) is 2.36. The van der Waals surface area contributed by atoms with Crippen LogP contribution in [-0.4, -0.2) is 30.8 Å². The first-order chi connectivity index (χ1) is 5.33. The molecule has 1 spiro atoms. The SMILES string of the molecule is CN1CCCC12CCCCO2. The van der Waals surface area contributed by atoms with Crippen LogP contribution >= 0.6 is 0 Å². The molecule has 0 aliphatic carbocycles. The largest absolute Gasteiger partial charge is 0.360 e. The zero-order chi connectivity index (χ0) is 7.73. The quantitative estimate of drug-likeness (QED) is 0.527. The second kappa shape index (κ2) is 2.76. The standard InChI is InChI=1S/C9H17NO/c1-10-7-4-6-9(10)5-2-3-8-11-9/h2-8H2,1H3. The Bertz CT molecular complexity index is 140. The third kappa shape index (κ3) is 1.18. The Hall–Kier alpha value is -0.0800. The molecule has 0 aromatic carbocycles. The second-order valence-electron chi connectivity index (χ2n) is 3.78. The molecule has 0 bridgehead atoms. The minimum atomic E-state index is 0.165. The van der Waals surface area contributed by atoms with Crippen LogP contribution in [0.2, 0.25) is 0 Å². The summed E-state index contributed by atoms with van der Waals surface area (Å²) in [6.07, 6.45) is 6.43. The van der Waals surface area contributed by atoms with E-state index in [1.54, 1.807) is 0 Å². The Morgan fingerprint density at radius 2 is 2.00 bits per heavy atom. The van der Waals surface area contributed by atoms with Crippen LogP contribution in [0, 0.1) is 0 Å². The van der Waals surface area contributed by atoms with Crippen molar-refractivity contribution in [1.82, 2.24) is 4.90 Å². The summed E-state index contributed by atoms with van der Waals surface area (Å²) in [7, 11) is 2.19. The van der Waals surface area contributed by atoms with Crippen LogP contribution in [0.4, 0.5) is 0 Å². The number of ether oxygens (including phenoxy) is 1. The molecule has 0 radical (unpaired) electrons. The summed E-state index contributed by atoms with van der Waals surface area (Å²) in [4.78, 5) is 2.40. The highest BCUT2D eigenvalue weighted by atomic mass is 16.5. The fraction of sp³-hybridized carbons (Fsp3) is 1.00. The molecule has 1 unspecified atom stereocenters. The molecule has 2 saturated heterocycles. The number of hydrogen-bond donors (Lipinski definition) is 0. The smallest absolute Gasteiger partial charge is 0.121 e. The van der Waals surface area contributed by atoms with Crippen LogP contribution in [0.1, 0.15) is 32.1 Å². The van der Waals surface area contributed by atoms with Crippen LogP contribution in [0.15, 0.2) is 0 Å². The Morgan fingerprint density at radius 1 is 1.18 bits per heavy atom. The molecule has 0 N–H and O–H groups in total. The topological polar surface area (TPSA) is 12.5 Å². The molecule has 2 aliphatic heterocycles. The zero-order valence-electron chi connectivity index (χ0n) is 7.31. The predicted molar refractivity (Wildman–Crippen MR) is 44.4 cm³/mol. The Kier molecular flexibility index (Phi) is 1.90. The lowest BCUT2D eigenvalue weighted by Gasteiger charge is -2.39. The molecule has 0 saturated carbocycles. The number of likely N-dealkylation sites (tertiary alicyclic amines) is 1. The Balaban J connectivity index is 2.06. The van der Waals surface area contributed by atoms with Crippen molar-refractivity contribution < 1.29 is 4.74 Å². The molecule has 64 valence electrons. The lowest BCUT2D eigenvalue weighted by Crippen LogP contribution is -2.46.